The lowest BCUT2D eigenvalue weighted by molar-refractivity contribution is -0.0794. The van der Waals surface area contributed by atoms with Crippen molar-refractivity contribution in [2.45, 2.75) is 76.9 Å². The molecule has 1 aromatic rings. The molecule has 0 saturated heterocycles. The highest BCUT2D eigenvalue weighted by Gasteiger charge is 2.45. The van der Waals surface area contributed by atoms with E-state index in [0.29, 0.717) is 43.0 Å². The van der Waals surface area contributed by atoms with Crippen molar-refractivity contribution < 1.29 is 18.3 Å². The van der Waals surface area contributed by atoms with Gasteiger partial charge in [0.15, 0.2) is 5.82 Å². The molecule has 144 valence electrons. The number of aromatic nitrogens is 3. The highest BCUT2D eigenvalue weighted by molar-refractivity contribution is 5.64. The average molecular weight is 370 g/mol. The zero-order valence-corrected chi connectivity index (χ0v) is 15.1. The number of aryl methyl sites for hydroxylation is 1. The third kappa shape index (κ3) is 4.52. The molecule has 2 aliphatic carbocycles. The molecule has 2 N–H and O–H groups in total. The van der Waals surface area contributed by atoms with Gasteiger partial charge in [0.1, 0.15) is 17.8 Å². The summed E-state index contributed by atoms with van der Waals surface area (Å²) in [4.78, 5) is 13.0. The van der Waals surface area contributed by atoms with Gasteiger partial charge in [0, 0.05) is 30.9 Å². The highest BCUT2D eigenvalue weighted by atomic mass is 19.3. The number of allylic oxidation sites excluding steroid dienone is 1. The first-order chi connectivity index (χ1) is 12.2. The molecule has 0 radical (unpaired) electrons. The summed E-state index contributed by atoms with van der Waals surface area (Å²) in [6.45, 7) is 4.16. The Hall–Kier alpha value is -1.70. The molecular formula is C18H25F3N4O. The molecule has 0 bridgehead atoms. The Bertz CT molecular complexity index is 685. The van der Waals surface area contributed by atoms with Gasteiger partial charge in [-0.1, -0.05) is 13.8 Å². The van der Waals surface area contributed by atoms with Crippen LogP contribution in [0.4, 0.5) is 19.1 Å². The van der Waals surface area contributed by atoms with Gasteiger partial charge in [0.2, 0.25) is 5.95 Å². The predicted molar refractivity (Wildman–Crippen MR) is 92.5 cm³/mol. The zero-order chi connectivity index (χ0) is 18.9. The minimum absolute atomic E-state index is 0.198. The number of aliphatic hydroxyl groups is 1. The summed E-state index contributed by atoms with van der Waals surface area (Å²) in [7, 11) is 0. The number of anilines is 1. The molecule has 0 amide bonds. The molecule has 1 aromatic heterocycles. The average Bonchev–Trinajstić information content (AvgIpc) is 2.53. The molecule has 2 aliphatic rings. The molecule has 0 spiro atoms. The van der Waals surface area contributed by atoms with E-state index in [1.165, 1.54) is 0 Å². The number of hydrogen-bond donors (Lipinski definition) is 2. The van der Waals surface area contributed by atoms with Crippen LogP contribution < -0.4 is 5.32 Å². The number of aliphatic hydroxyl groups excluding tert-OH is 1. The van der Waals surface area contributed by atoms with E-state index in [0.717, 1.165) is 6.42 Å². The van der Waals surface area contributed by atoms with Crippen LogP contribution in [0.1, 0.15) is 64.0 Å². The molecular weight excluding hydrogens is 345 g/mol. The van der Waals surface area contributed by atoms with Gasteiger partial charge in [0.05, 0.1) is 0 Å². The van der Waals surface area contributed by atoms with Crippen LogP contribution in [0.25, 0.3) is 5.57 Å². The van der Waals surface area contributed by atoms with Crippen molar-refractivity contribution in [3.8, 4) is 0 Å². The Morgan fingerprint density at radius 3 is 2.62 bits per heavy atom. The second kappa shape index (κ2) is 7.50. The van der Waals surface area contributed by atoms with Gasteiger partial charge in [-0.2, -0.15) is 9.97 Å². The summed E-state index contributed by atoms with van der Waals surface area (Å²) >= 11 is 0. The van der Waals surface area contributed by atoms with Gasteiger partial charge >= 0.3 is 0 Å². The molecule has 3 rings (SSSR count). The molecule has 1 atom stereocenters. The number of rotatable bonds is 6. The molecule has 1 saturated carbocycles. The summed E-state index contributed by atoms with van der Waals surface area (Å²) in [5.41, 5.74) is 0.291. The smallest absolute Gasteiger partial charge is 0.252 e. The van der Waals surface area contributed by atoms with E-state index in [-0.39, 0.29) is 24.6 Å². The molecule has 0 aliphatic heterocycles. The van der Waals surface area contributed by atoms with Crippen molar-refractivity contribution in [3.63, 3.8) is 0 Å². The van der Waals surface area contributed by atoms with E-state index in [1.54, 1.807) is 0 Å². The predicted octanol–water partition coefficient (Wildman–Crippen LogP) is 3.90. The fraction of sp³-hybridized carbons (Fsp3) is 0.722. The number of hydrogen-bond acceptors (Lipinski definition) is 5. The maximum atomic E-state index is 14.4. The molecule has 8 heteroatoms. The molecule has 0 aromatic carbocycles. The van der Waals surface area contributed by atoms with E-state index in [9.17, 15) is 18.3 Å². The third-order valence-electron chi connectivity index (χ3n) is 4.81. The Morgan fingerprint density at radius 2 is 1.96 bits per heavy atom. The molecule has 5 nitrogen and oxygen atoms in total. The number of nitrogens with one attached hydrogen (secondary N) is 1. The van der Waals surface area contributed by atoms with Gasteiger partial charge in [-0.3, -0.25) is 0 Å². The van der Waals surface area contributed by atoms with Crippen molar-refractivity contribution in [3.05, 3.63) is 17.5 Å². The van der Waals surface area contributed by atoms with Crippen molar-refractivity contribution >= 4 is 11.5 Å². The molecule has 0 unspecified atom stereocenters. The van der Waals surface area contributed by atoms with Crippen LogP contribution in [-0.2, 0) is 6.42 Å². The molecule has 1 heterocycles. The maximum absolute atomic E-state index is 14.4. The SMILES string of the molecule is CC(C)CCc1nc(NC2CC(F)(F)C2)nc(C2=C(F)[C@@H](O)CCC2)n1. The van der Waals surface area contributed by atoms with Gasteiger partial charge in [-0.15, -0.1) is 0 Å². The second-order valence-electron chi connectivity index (χ2n) is 7.67. The van der Waals surface area contributed by atoms with Crippen molar-refractivity contribution in [1.82, 2.24) is 15.0 Å². The van der Waals surface area contributed by atoms with Crippen molar-refractivity contribution in [2.24, 2.45) is 5.92 Å². The zero-order valence-electron chi connectivity index (χ0n) is 15.1. The number of nitrogens with zero attached hydrogens (tertiary/aromatic N) is 3. The lowest BCUT2D eigenvalue weighted by Gasteiger charge is -2.35. The van der Waals surface area contributed by atoms with Gasteiger partial charge < -0.3 is 10.4 Å². The quantitative estimate of drug-likeness (QED) is 0.795. The largest absolute Gasteiger partial charge is 0.386 e. The monoisotopic (exact) mass is 370 g/mol. The summed E-state index contributed by atoms with van der Waals surface area (Å²) in [5, 5.41) is 12.7. The Labute approximate surface area is 151 Å². The first-order valence-electron chi connectivity index (χ1n) is 9.20. The maximum Gasteiger partial charge on any atom is 0.252 e. The standard InChI is InChI=1S/C18H25F3N4O/c1-10(2)6-7-14-23-16(12-4-3-5-13(26)15(12)19)25-17(24-14)22-11-8-18(20,21)9-11/h10-11,13,26H,3-9H2,1-2H3,(H,22,23,24,25)/t13-/m0/s1. The summed E-state index contributed by atoms with van der Waals surface area (Å²) < 4.78 is 40.5. The van der Waals surface area contributed by atoms with E-state index in [2.05, 4.69) is 34.1 Å². The fourth-order valence-electron chi connectivity index (χ4n) is 3.23. The van der Waals surface area contributed by atoms with Gasteiger partial charge in [-0.25, -0.2) is 18.2 Å². The second-order valence-corrected chi connectivity index (χ2v) is 7.67. The summed E-state index contributed by atoms with van der Waals surface area (Å²) in [5.74, 6) is -1.88. The first kappa shape index (κ1) is 19.1. The minimum Gasteiger partial charge on any atom is -0.386 e. The summed E-state index contributed by atoms with van der Waals surface area (Å²) in [6, 6.07) is -0.394. The first-order valence-corrected chi connectivity index (χ1v) is 9.20. The topological polar surface area (TPSA) is 70.9 Å². The summed E-state index contributed by atoms with van der Waals surface area (Å²) in [6.07, 6.45) is 1.27. The molecule has 26 heavy (non-hydrogen) atoms. The van der Waals surface area contributed by atoms with Crippen LogP contribution in [0.3, 0.4) is 0 Å². The van der Waals surface area contributed by atoms with Crippen LogP contribution in [-0.4, -0.2) is 38.1 Å². The van der Waals surface area contributed by atoms with Crippen molar-refractivity contribution in [1.29, 1.82) is 0 Å². The van der Waals surface area contributed by atoms with E-state index >= 15 is 0 Å². The van der Waals surface area contributed by atoms with Crippen LogP contribution in [0, 0.1) is 5.92 Å². The lowest BCUT2D eigenvalue weighted by Crippen LogP contribution is -2.44. The van der Waals surface area contributed by atoms with Gasteiger partial charge in [0.25, 0.3) is 5.92 Å². The van der Waals surface area contributed by atoms with E-state index in [1.807, 2.05) is 0 Å². The molecule has 1 fully saturated rings. The van der Waals surface area contributed by atoms with Crippen LogP contribution in [0.5, 0.6) is 0 Å². The fourth-order valence-corrected chi connectivity index (χ4v) is 3.23. The Kier molecular flexibility index (Phi) is 5.50. The number of alkyl halides is 2. The van der Waals surface area contributed by atoms with E-state index in [4.69, 9.17) is 0 Å². The van der Waals surface area contributed by atoms with E-state index < -0.39 is 23.9 Å². The third-order valence-corrected chi connectivity index (χ3v) is 4.81. The van der Waals surface area contributed by atoms with Gasteiger partial charge in [-0.05, 0) is 31.6 Å². The van der Waals surface area contributed by atoms with Crippen LogP contribution in [0.2, 0.25) is 0 Å². The van der Waals surface area contributed by atoms with Crippen LogP contribution in [0.15, 0.2) is 5.83 Å². The Morgan fingerprint density at radius 1 is 1.23 bits per heavy atom. The van der Waals surface area contributed by atoms with Crippen molar-refractivity contribution in [2.75, 3.05) is 5.32 Å². The normalized spacial score (nSPS) is 23.3. The minimum atomic E-state index is -2.64. The Balaban J connectivity index is 1.86. The lowest BCUT2D eigenvalue weighted by atomic mass is 9.88. The number of halogens is 3. The highest BCUT2D eigenvalue weighted by Crippen LogP contribution is 2.39. The van der Waals surface area contributed by atoms with Crippen LogP contribution >= 0.6 is 0 Å².